The van der Waals surface area contributed by atoms with E-state index in [1.165, 1.54) is 12.1 Å². The zero-order valence-corrected chi connectivity index (χ0v) is 15.3. The van der Waals surface area contributed by atoms with Crippen LogP contribution in [0.5, 0.6) is 0 Å². The van der Waals surface area contributed by atoms with Gasteiger partial charge in [-0.3, -0.25) is 4.79 Å². The second kappa shape index (κ2) is 10.6. The molecule has 1 aromatic carbocycles. The summed E-state index contributed by atoms with van der Waals surface area (Å²) in [5.74, 6) is -2.80. The summed E-state index contributed by atoms with van der Waals surface area (Å²) in [7, 11) is 0. The van der Waals surface area contributed by atoms with Crippen LogP contribution < -0.4 is 0 Å². The Balaban J connectivity index is 0.000000416. The fraction of sp³-hybridized carbons (Fsp3) is 0.421. The molecule has 0 saturated carbocycles. The molecule has 1 atom stereocenters. The van der Waals surface area contributed by atoms with Gasteiger partial charge in [-0.2, -0.15) is 13.2 Å². The molecule has 1 aliphatic heterocycles. The van der Waals surface area contributed by atoms with Crippen molar-refractivity contribution >= 4 is 17.7 Å². The summed E-state index contributed by atoms with van der Waals surface area (Å²) in [5.41, 5.74) is -0.369. The lowest BCUT2D eigenvalue weighted by Crippen LogP contribution is -2.29. The number of carboxylic acids is 2. The third-order valence-corrected chi connectivity index (χ3v) is 4.04. The lowest BCUT2D eigenvalue weighted by atomic mass is 9.98. The van der Waals surface area contributed by atoms with Crippen molar-refractivity contribution in [3.8, 4) is 0 Å². The molecule has 1 aliphatic rings. The van der Waals surface area contributed by atoms with Gasteiger partial charge in [0, 0.05) is 30.2 Å². The third-order valence-electron chi connectivity index (χ3n) is 4.04. The van der Waals surface area contributed by atoms with E-state index >= 15 is 0 Å². The fourth-order valence-corrected chi connectivity index (χ4v) is 2.69. The first-order valence-corrected chi connectivity index (χ1v) is 8.58. The molecule has 0 radical (unpaired) electrons. The minimum atomic E-state index is -4.36. The number of carbonyl (C=O) groups is 3. The van der Waals surface area contributed by atoms with Crippen molar-refractivity contribution in [2.75, 3.05) is 19.6 Å². The highest BCUT2D eigenvalue weighted by Crippen LogP contribution is 2.29. The van der Waals surface area contributed by atoms with Gasteiger partial charge >= 0.3 is 18.1 Å². The minimum Gasteiger partial charge on any atom is -0.478 e. The van der Waals surface area contributed by atoms with Gasteiger partial charge in [-0.15, -0.1) is 0 Å². The number of Topliss-reactive ketones (excluding diaryl/α,β-unsaturated/α-hetero) is 1. The van der Waals surface area contributed by atoms with Crippen molar-refractivity contribution in [2.24, 2.45) is 5.92 Å². The number of rotatable bonds is 6. The normalized spacial score (nSPS) is 15.7. The monoisotopic (exact) mass is 401 g/mol. The van der Waals surface area contributed by atoms with Crippen LogP contribution >= 0.6 is 0 Å². The van der Waals surface area contributed by atoms with Crippen LogP contribution in [0.1, 0.15) is 35.7 Å². The van der Waals surface area contributed by atoms with E-state index in [0.29, 0.717) is 24.3 Å². The molecule has 6 nitrogen and oxygen atoms in total. The maximum Gasteiger partial charge on any atom is 0.416 e. The summed E-state index contributed by atoms with van der Waals surface area (Å²) in [5, 5.41) is 15.6. The Morgan fingerprint density at radius 3 is 1.89 bits per heavy atom. The lowest BCUT2D eigenvalue weighted by molar-refractivity contribution is -0.137. The van der Waals surface area contributed by atoms with E-state index in [9.17, 15) is 27.6 Å². The minimum absolute atomic E-state index is 0.0920. The van der Waals surface area contributed by atoms with Gasteiger partial charge in [0.05, 0.1) is 5.56 Å². The van der Waals surface area contributed by atoms with Crippen LogP contribution in [0, 0.1) is 5.92 Å². The van der Waals surface area contributed by atoms with Crippen molar-refractivity contribution in [2.45, 2.75) is 25.9 Å². The van der Waals surface area contributed by atoms with Crippen molar-refractivity contribution in [1.29, 1.82) is 0 Å². The van der Waals surface area contributed by atoms with Gasteiger partial charge in [-0.05, 0) is 38.1 Å². The number of carbonyl (C=O) groups excluding carboxylic acids is 1. The molecule has 2 rings (SSSR count). The fourth-order valence-electron chi connectivity index (χ4n) is 2.69. The summed E-state index contributed by atoms with van der Waals surface area (Å²) in [6.45, 7) is 4.52. The van der Waals surface area contributed by atoms with Crippen molar-refractivity contribution in [1.82, 2.24) is 4.90 Å². The topological polar surface area (TPSA) is 94.9 Å². The average molecular weight is 401 g/mol. The molecule has 1 fully saturated rings. The number of hydrogen-bond donors (Lipinski definition) is 2. The summed E-state index contributed by atoms with van der Waals surface area (Å²) >= 11 is 0. The molecule has 0 bridgehead atoms. The van der Waals surface area contributed by atoms with E-state index in [1.54, 1.807) is 0 Å². The second-order valence-corrected chi connectivity index (χ2v) is 6.36. The predicted octanol–water partition coefficient (Wildman–Crippen LogP) is 3.33. The number of nitrogens with zero attached hydrogens (tertiary/aromatic N) is 1. The number of aliphatic carboxylic acids is 2. The van der Waals surface area contributed by atoms with Crippen LogP contribution in [0.25, 0.3) is 0 Å². The van der Waals surface area contributed by atoms with Crippen LogP contribution in [0.15, 0.2) is 36.4 Å². The Morgan fingerprint density at radius 1 is 1.04 bits per heavy atom. The molecule has 154 valence electrons. The number of alkyl halides is 3. The first-order chi connectivity index (χ1) is 13.0. The quantitative estimate of drug-likeness (QED) is 0.561. The number of carboxylic acid groups (broad SMARTS) is 2. The van der Waals surface area contributed by atoms with E-state index in [2.05, 4.69) is 4.90 Å². The van der Waals surface area contributed by atoms with Crippen molar-refractivity contribution in [3.05, 3.63) is 47.5 Å². The molecule has 1 aromatic rings. The van der Waals surface area contributed by atoms with Crippen molar-refractivity contribution in [3.63, 3.8) is 0 Å². The van der Waals surface area contributed by atoms with E-state index < -0.39 is 23.7 Å². The maximum atomic E-state index is 12.5. The van der Waals surface area contributed by atoms with Gasteiger partial charge < -0.3 is 15.1 Å². The smallest absolute Gasteiger partial charge is 0.416 e. The molecule has 2 N–H and O–H groups in total. The molecule has 0 unspecified atom stereocenters. The molecular formula is C19H22F3NO5. The average Bonchev–Trinajstić information content (AvgIpc) is 3.12. The van der Waals surface area contributed by atoms with Gasteiger partial charge in [0.25, 0.3) is 0 Å². The molecule has 9 heteroatoms. The van der Waals surface area contributed by atoms with Crippen LogP contribution in [-0.4, -0.2) is 52.5 Å². The summed E-state index contributed by atoms with van der Waals surface area (Å²) < 4.78 is 37.4. The van der Waals surface area contributed by atoms with Crippen molar-refractivity contribution < 1.29 is 37.8 Å². The van der Waals surface area contributed by atoms with E-state index in [4.69, 9.17) is 10.2 Å². The summed E-state index contributed by atoms with van der Waals surface area (Å²) in [6.07, 6.45) is -0.935. The Morgan fingerprint density at radius 2 is 1.50 bits per heavy atom. The molecule has 0 amide bonds. The maximum absolute atomic E-state index is 12.5. The molecule has 0 aliphatic carbocycles. The molecule has 1 heterocycles. The molecule has 1 saturated heterocycles. The third kappa shape index (κ3) is 8.34. The highest BCUT2D eigenvalue weighted by Gasteiger charge is 2.30. The number of benzene rings is 1. The van der Waals surface area contributed by atoms with Crippen LogP contribution in [0.4, 0.5) is 13.2 Å². The van der Waals surface area contributed by atoms with Crippen LogP contribution in [0.2, 0.25) is 0 Å². The summed E-state index contributed by atoms with van der Waals surface area (Å²) in [6, 6.07) is 4.48. The Labute approximate surface area is 160 Å². The van der Waals surface area contributed by atoms with Crippen LogP contribution in [0.3, 0.4) is 0 Å². The highest BCUT2D eigenvalue weighted by molar-refractivity contribution is 5.97. The number of hydrogen-bond acceptors (Lipinski definition) is 4. The summed E-state index contributed by atoms with van der Waals surface area (Å²) in [4.78, 5) is 33.5. The van der Waals surface area contributed by atoms with Gasteiger partial charge in [0.15, 0.2) is 5.78 Å². The SMILES string of the molecule is C[C@H](CN1CCCC1)C(=O)c1ccc(C(F)(F)F)cc1.O=C(O)/C=C\C(=O)O. The Kier molecular flexibility index (Phi) is 8.84. The van der Waals surface area contributed by atoms with Gasteiger partial charge in [-0.25, -0.2) is 9.59 Å². The zero-order chi connectivity index (χ0) is 21.3. The number of ketones is 1. The van der Waals surface area contributed by atoms with Gasteiger partial charge in [0.1, 0.15) is 0 Å². The first kappa shape index (κ1) is 23.4. The van der Waals surface area contributed by atoms with Gasteiger partial charge in [-0.1, -0.05) is 19.1 Å². The van der Waals surface area contributed by atoms with E-state index in [0.717, 1.165) is 38.1 Å². The lowest BCUT2D eigenvalue weighted by Gasteiger charge is -2.19. The molecule has 0 spiro atoms. The molecule has 28 heavy (non-hydrogen) atoms. The first-order valence-electron chi connectivity index (χ1n) is 8.58. The van der Waals surface area contributed by atoms with E-state index in [1.807, 2.05) is 6.92 Å². The van der Waals surface area contributed by atoms with Crippen LogP contribution in [-0.2, 0) is 15.8 Å². The number of halogens is 3. The molecule has 0 aromatic heterocycles. The molecular weight excluding hydrogens is 379 g/mol. The zero-order valence-electron chi connectivity index (χ0n) is 15.3. The van der Waals surface area contributed by atoms with E-state index in [-0.39, 0.29) is 11.7 Å². The highest BCUT2D eigenvalue weighted by atomic mass is 19.4. The Hall–Kier alpha value is -2.68. The Bertz CT molecular complexity index is 691. The number of likely N-dealkylation sites (tertiary alicyclic amines) is 1. The van der Waals surface area contributed by atoms with Gasteiger partial charge in [0.2, 0.25) is 0 Å². The predicted molar refractivity (Wildman–Crippen MR) is 95.0 cm³/mol. The largest absolute Gasteiger partial charge is 0.478 e. The second-order valence-electron chi connectivity index (χ2n) is 6.36. The standard InChI is InChI=1S/C15H18F3NO.C4H4O4/c1-11(10-19-8-2-3-9-19)14(20)12-4-6-13(7-5-12)15(16,17)18;5-3(6)1-2-4(7)8/h4-7,11H,2-3,8-10H2,1H3;1-2H,(H,5,6)(H,7,8)/b;2-1-/t11-;/m1./s1.